The number of benzene rings is 1. The number of hydrogen-bond acceptors (Lipinski definition) is 3. The maximum Gasteiger partial charge on any atom is 0.261 e. The number of aryl methyl sites for hydroxylation is 2. The summed E-state index contributed by atoms with van der Waals surface area (Å²) in [7, 11) is 0. The summed E-state index contributed by atoms with van der Waals surface area (Å²) < 4.78 is 0. The molecular weight excluding hydrogens is 244 g/mol. The topological polar surface area (TPSA) is 82.2 Å². The van der Waals surface area contributed by atoms with E-state index in [4.69, 9.17) is 0 Å². The quantitative estimate of drug-likeness (QED) is 0.720. The van der Waals surface area contributed by atoms with Crippen molar-refractivity contribution in [3.05, 3.63) is 57.5 Å². The Labute approximate surface area is 109 Å². The number of carbonyl (C=O) groups excluding carboxylic acids is 1. The molecule has 0 aliphatic heterocycles. The van der Waals surface area contributed by atoms with Gasteiger partial charge in [-0.1, -0.05) is 0 Å². The van der Waals surface area contributed by atoms with Crippen LogP contribution in [0.3, 0.4) is 0 Å². The zero-order valence-electron chi connectivity index (χ0n) is 10.7. The van der Waals surface area contributed by atoms with E-state index in [0.29, 0.717) is 16.9 Å². The number of H-pyrrole nitrogens is 1. The fraction of sp³-hybridized carbons (Fsp3) is 0.143. The van der Waals surface area contributed by atoms with Crippen molar-refractivity contribution in [3.8, 4) is 5.75 Å². The monoisotopic (exact) mass is 258 g/mol. The number of phenols is 1. The number of phenolic OH excluding ortho intramolecular Hbond substituents is 1. The fourth-order valence-electron chi connectivity index (χ4n) is 1.68. The van der Waals surface area contributed by atoms with Crippen LogP contribution >= 0.6 is 0 Å². The van der Waals surface area contributed by atoms with Crippen LogP contribution in [0.5, 0.6) is 5.75 Å². The van der Waals surface area contributed by atoms with Gasteiger partial charge in [0.2, 0.25) is 0 Å². The van der Waals surface area contributed by atoms with Gasteiger partial charge in [0, 0.05) is 23.6 Å². The Morgan fingerprint density at radius 3 is 2.63 bits per heavy atom. The molecule has 0 unspecified atom stereocenters. The minimum absolute atomic E-state index is 0.0522. The summed E-state index contributed by atoms with van der Waals surface area (Å²) in [6.07, 6.45) is 1.39. The van der Waals surface area contributed by atoms with Crippen molar-refractivity contribution in [1.29, 1.82) is 0 Å². The molecule has 2 aromatic rings. The van der Waals surface area contributed by atoms with Gasteiger partial charge in [0.1, 0.15) is 11.3 Å². The van der Waals surface area contributed by atoms with E-state index >= 15 is 0 Å². The lowest BCUT2D eigenvalue weighted by atomic mass is 10.2. The molecular formula is C14H14N2O3. The first-order chi connectivity index (χ1) is 8.97. The molecule has 2 rings (SSSR count). The van der Waals surface area contributed by atoms with E-state index in [1.807, 2.05) is 0 Å². The highest BCUT2D eigenvalue weighted by molar-refractivity contribution is 6.04. The first-order valence-electron chi connectivity index (χ1n) is 5.77. The number of rotatable bonds is 2. The Balaban J connectivity index is 2.25. The zero-order chi connectivity index (χ0) is 14.0. The summed E-state index contributed by atoms with van der Waals surface area (Å²) in [4.78, 5) is 26.4. The fourth-order valence-corrected chi connectivity index (χ4v) is 1.68. The van der Waals surface area contributed by atoms with Crippen molar-refractivity contribution < 1.29 is 9.90 Å². The SMILES string of the molecule is Cc1cc(=O)c(C(=O)Nc2ccc(O)c(C)c2)c[nH]1. The molecule has 19 heavy (non-hydrogen) atoms. The summed E-state index contributed by atoms with van der Waals surface area (Å²) in [5, 5.41) is 12.0. The average Bonchev–Trinajstić information content (AvgIpc) is 2.33. The van der Waals surface area contributed by atoms with Crippen LogP contribution in [-0.4, -0.2) is 16.0 Å². The predicted molar refractivity (Wildman–Crippen MR) is 72.6 cm³/mol. The minimum atomic E-state index is -0.480. The third-order valence-corrected chi connectivity index (χ3v) is 2.76. The molecule has 0 saturated carbocycles. The molecule has 5 nitrogen and oxygen atoms in total. The third kappa shape index (κ3) is 2.82. The second-order valence-corrected chi connectivity index (χ2v) is 4.35. The van der Waals surface area contributed by atoms with Gasteiger partial charge in [-0.25, -0.2) is 0 Å². The smallest absolute Gasteiger partial charge is 0.261 e. The van der Waals surface area contributed by atoms with E-state index in [0.717, 1.165) is 0 Å². The van der Waals surface area contributed by atoms with Gasteiger partial charge in [0.15, 0.2) is 5.43 Å². The second-order valence-electron chi connectivity index (χ2n) is 4.35. The second kappa shape index (κ2) is 4.97. The number of aromatic hydroxyl groups is 1. The Kier molecular flexibility index (Phi) is 3.37. The molecule has 0 spiro atoms. The van der Waals surface area contributed by atoms with E-state index < -0.39 is 5.91 Å². The summed E-state index contributed by atoms with van der Waals surface area (Å²) in [5.41, 5.74) is 1.60. The molecule has 1 amide bonds. The van der Waals surface area contributed by atoms with Crippen LogP contribution in [0.2, 0.25) is 0 Å². The largest absolute Gasteiger partial charge is 0.508 e. The van der Waals surface area contributed by atoms with Crippen LogP contribution in [0.1, 0.15) is 21.6 Å². The Hall–Kier alpha value is -2.56. The van der Waals surface area contributed by atoms with Gasteiger partial charge in [0.05, 0.1) is 0 Å². The van der Waals surface area contributed by atoms with E-state index in [9.17, 15) is 14.7 Å². The van der Waals surface area contributed by atoms with Gasteiger partial charge >= 0.3 is 0 Å². The molecule has 3 N–H and O–H groups in total. The van der Waals surface area contributed by atoms with Crippen LogP contribution in [0.25, 0.3) is 0 Å². The molecule has 0 atom stereocenters. The number of nitrogens with one attached hydrogen (secondary N) is 2. The van der Waals surface area contributed by atoms with Crippen molar-refractivity contribution in [2.45, 2.75) is 13.8 Å². The van der Waals surface area contributed by atoms with E-state index in [1.54, 1.807) is 26.0 Å². The van der Waals surface area contributed by atoms with Crippen molar-refractivity contribution >= 4 is 11.6 Å². The van der Waals surface area contributed by atoms with Crippen LogP contribution in [-0.2, 0) is 0 Å². The van der Waals surface area contributed by atoms with Crippen LogP contribution < -0.4 is 10.7 Å². The highest BCUT2D eigenvalue weighted by Gasteiger charge is 2.11. The lowest BCUT2D eigenvalue weighted by Gasteiger charge is -2.07. The van der Waals surface area contributed by atoms with Gasteiger partial charge < -0.3 is 15.4 Å². The van der Waals surface area contributed by atoms with Gasteiger partial charge in [-0.2, -0.15) is 0 Å². The lowest BCUT2D eigenvalue weighted by Crippen LogP contribution is -2.21. The molecule has 0 saturated heterocycles. The lowest BCUT2D eigenvalue weighted by molar-refractivity contribution is 0.102. The van der Waals surface area contributed by atoms with Crippen LogP contribution in [0.15, 0.2) is 35.3 Å². The molecule has 1 aromatic heterocycles. The molecule has 0 bridgehead atoms. The van der Waals surface area contributed by atoms with Gasteiger partial charge in [0.25, 0.3) is 5.91 Å². The standard InChI is InChI=1S/C14H14N2O3/c1-8-5-10(3-4-12(8)17)16-14(19)11-7-15-9(2)6-13(11)18/h3-7,17H,1-2H3,(H,15,18)(H,16,19). The maximum absolute atomic E-state index is 11.9. The minimum Gasteiger partial charge on any atom is -0.508 e. The first kappa shape index (κ1) is 12.9. The molecule has 0 aliphatic rings. The number of aromatic nitrogens is 1. The highest BCUT2D eigenvalue weighted by atomic mass is 16.3. The molecule has 98 valence electrons. The summed E-state index contributed by atoms with van der Waals surface area (Å²) in [5.74, 6) is -0.322. The normalized spacial score (nSPS) is 10.2. The number of anilines is 1. The summed E-state index contributed by atoms with van der Waals surface area (Å²) >= 11 is 0. The molecule has 0 fully saturated rings. The van der Waals surface area contributed by atoms with E-state index in [-0.39, 0.29) is 16.7 Å². The number of amides is 1. The Bertz CT molecular complexity index is 689. The van der Waals surface area contributed by atoms with Gasteiger partial charge in [-0.15, -0.1) is 0 Å². The average molecular weight is 258 g/mol. The highest BCUT2D eigenvalue weighted by Crippen LogP contribution is 2.20. The molecule has 1 heterocycles. The Morgan fingerprint density at radius 2 is 2.00 bits per heavy atom. The number of carbonyl (C=O) groups is 1. The maximum atomic E-state index is 11.9. The summed E-state index contributed by atoms with van der Waals surface area (Å²) in [6.45, 7) is 3.47. The molecule has 1 aromatic carbocycles. The predicted octanol–water partition coefficient (Wildman–Crippen LogP) is 1.95. The van der Waals surface area contributed by atoms with Gasteiger partial charge in [-0.05, 0) is 37.6 Å². The van der Waals surface area contributed by atoms with Crippen molar-refractivity contribution in [1.82, 2.24) is 4.98 Å². The van der Waals surface area contributed by atoms with Crippen molar-refractivity contribution in [3.63, 3.8) is 0 Å². The first-order valence-corrected chi connectivity index (χ1v) is 5.77. The molecule has 0 radical (unpaired) electrons. The summed E-state index contributed by atoms with van der Waals surface area (Å²) in [6, 6.07) is 6.07. The van der Waals surface area contributed by atoms with E-state index in [2.05, 4.69) is 10.3 Å². The van der Waals surface area contributed by atoms with Crippen molar-refractivity contribution in [2.24, 2.45) is 0 Å². The zero-order valence-corrected chi connectivity index (χ0v) is 10.7. The number of pyridine rings is 1. The van der Waals surface area contributed by atoms with Crippen molar-refractivity contribution in [2.75, 3.05) is 5.32 Å². The van der Waals surface area contributed by atoms with E-state index in [1.165, 1.54) is 18.3 Å². The van der Waals surface area contributed by atoms with Crippen LogP contribution in [0.4, 0.5) is 5.69 Å². The number of aromatic amines is 1. The molecule has 0 aliphatic carbocycles. The molecule has 5 heteroatoms. The third-order valence-electron chi connectivity index (χ3n) is 2.76. The van der Waals surface area contributed by atoms with Gasteiger partial charge in [-0.3, -0.25) is 9.59 Å². The number of hydrogen-bond donors (Lipinski definition) is 3. The van der Waals surface area contributed by atoms with Crippen LogP contribution in [0, 0.1) is 13.8 Å². The Morgan fingerprint density at radius 1 is 1.26 bits per heavy atom.